The van der Waals surface area contributed by atoms with Crippen molar-refractivity contribution in [2.75, 3.05) is 39.2 Å². The number of nitrogens with zero attached hydrogens (tertiary/aromatic N) is 1. The topological polar surface area (TPSA) is 33.7 Å². The highest BCUT2D eigenvalue weighted by Gasteiger charge is 2.34. The third-order valence-corrected chi connectivity index (χ3v) is 4.71. The Morgan fingerprint density at radius 1 is 1.10 bits per heavy atom. The Balaban J connectivity index is 1.79. The van der Waals surface area contributed by atoms with Gasteiger partial charge in [-0.3, -0.25) is 0 Å². The van der Waals surface area contributed by atoms with Gasteiger partial charge >= 0.3 is 0 Å². The molecule has 2 aliphatic heterocycles. The summed E-state index contributed by atoms with van der Waals surface area (Å²) >= 11 is 0. The summed E-state index contributed by atoms with van der Waals surface area (Å²) in [7, 11) is 3.37. The van der Waals surface area contributed by atoms with Crippen molar-refractivity contribution in [3.63, 3.8) is 0 Å². The summed E-state index contributed by atoms with van der Waals surface area (Å²) in [5.41, 5.74) is 2.39. The van der Waals surface area contributed by atoms with Gasteiger partial charge in [-0.1, -0.05) is 0 Å². The van der Waals surface area contributed by atoms with Crippen molar-refractivity contribution in [1.29, 1.82) is 0 Å². The molecule has 3 rings (SSSR count). The summed E-state index contributed by atoms with van der Waals surface area (Å²) in [5, 5.41) is 3.74. The smallest absolute Gasteiger partial charge is 0.162 e. The molecule has 0 saturated carbocycles. The average Bonchev–Trinajstić information content (AvgIpc) is 2.86. The molecule has 1 aromatic carbocycles. The lowest BCUT2D eigenvalue weighted by Gasteiger charge is -2.32. The fraction of sp³-hybridized carbons (Fsp3) is 0.625. The van der Waals surface area contributed by atoms with Crippen LogP contribution in [0.1, 0.15) is 18.4 Å². The molecule has 2 saturated heterocycles. The number of aryl methyl sites for hydroxylation is 1. The predicted molar refractivity (Wildman–Crippen MR) is 80.9 cm³/mol. The van der Waals surface area contributed by atoms with E-state index in [1.807, 2.05) is 6.07 Å². The highest BCUT2D eigenvalue weighted by atomic mass is 16.5. The predicted octanol–water partition coefficient (Wildman–Crippen LogP) is 2.52. The minimum Gasteiger partial charge on any atom is -0.493 e. The maximum atomic E-state index is 5.41. The molecule has 3 unspecified atom stereocenters. The van der Waals surface area contributed by atoms with Crippen LogP contribution in [0.15, 0.2) is 12.1 Å². The Morgan fingerprint density at radius 2 is 1.80 bits per heavy atom. The molecule has 0 amide bonds. The molecule has 1 N–H and O–H groups in total. The maximum Gasteiger partial charge on any atom is 0.162 e. The van der Waals surface area contributed by atoms with Gasteiger partial charge in [0.15, 0.2) is 11.5 Å². The van der Waals surface area contributed by atoms with Crippen molar-refractivity contribution in [2.45, 2.75) is 25.8 Å². The lowest BCUT2D eigenvalue weighted by Crippen LogP contribution is -2.39. The number of hydrogen-bond acceptors (Lipinski definition) is 4. The molecule has 0 spiro atoms. The lowest BCUT2D eigenvalue weighted by molar-refractivity contribution is 0.255. The summed E-state index contributed by atoms with van der Waals surface area (Å²) < 4.78 is 10.8. The van der Waals surface area contributed by atoms with Gasteiger partial charge in [-0.25, -0.2) is 0 Å². The molecule has 0 aromatic heterocycles. The van der Waals surface area contributed by atoms with Gasteiger partial charge in [-0.15, -0.1) is 0 Å². The molecule has 4 heteroatoms. The Bertz CT molecular complexity index is 490. The largest absolute Gasteiger partial charge is 0.493 e. The van der Waals surface area contributed by atoms with E-state index in [1.165, 1.54) is 43.7 Å². The second-order valence-electron chi connectivity index (χ2n) is 5.91. The number of methoxy groups -OCH3 is 2. The number of benzene rings is 1. The molecule has 3 atom stereocenters. The number of fused-ring (bicyclic) bond motifs is 2. The quantitative estimate of drug-likeness (QED) is 0.916. The average molecular weight is 276 g/mol. The minimum absolute atomic E-state index is 0.588. The fourth-order valence-electron chi connectivity index (χ4n) is 3.48. The van der Waals surface area contributed by atoms with Gasteiger partial charge in [-0.05, 0) is 43.9 Å². The van der Waals surface area contributed by atoms with Crippen LogP contribution in [0, 0.1) is 12.8 Å². The molecule has 0 aliphatic carbocycles. The van der Waals surface area contributed by atoms with Crippen LogP contribution in [0.25, 0.3) is 0 Å². The van der Waals surface area contributed by atoms with E-state index in [2.05, 4.69) is 23.2 Å². The molecule has 20 heavy (non-hydrogen) atoms. The molecule has 1 aromatic rings. The molecule has 2 bridgehead atoms. The summed E-state index contributed by atoms with van der Waals surface area (Å²) in [6.07, 6.45) is 2.56. The van der Waals surface area contributed by atoms with E-state index in [0.29, 0.717) is 6.04 Å². The molecule has 2 aliphatic rings. The molecule has 110 valence electrons. The normalized spacial score (nSPS) is 28.2. The Kier molecular flexibility index (Phi) is 3.74. The zero-order valence-corrected chi connectivity index (χ0v) is 12.6. The van der Waals surface area contributed by atoms with E-state index in [0.717, 1.165) is 17.4 Å². The number of hydrogen-bond donors (Lipinski definition) is 1. The first-order valence-corrected chi connectivity index (χ1v) is 7.42. The van der Waals surface area contributed by atoms with Crippen molar-refractivity contribution >= 4 is 5.69 Å². The summed E-state index contributed by atoms with van der Waals surface area (Å²) in [5.74, 6) is 2.38. The Labute approximate surface area is 121 Å². The van der Waals surface area contributed by atoms with Crippen molar-refractivity contribution in [3.05, 3.63) is 17.7 Å². The zero-order valence-electron chi connectivity index (χ0n) is 12.6. The highest BCUT2D eigenvalue weighted by molar-refractivity contribution is 5.60. The first-order valence-electron chi connectivity index (χ1n) is 7.42. The van der Waals surface area contributed by atoms with Crippen LogP contribution >= 0.6 is 0 Å². The van der Waals surface area contributed by atoms with Crippen LogP contribution in [0.5, 0.6) is 11.5 Å². The molecule has 2 fully saturated rings. The fourth-order valence-corrected chi connectivity index (χ4v) is 3.48. The van der Waals surface area contributed by atoms with Crippen molar-refractivity contribution in [1.82, 2.24) is 4.90 Å². The van der Waals surface area contributed by atoms with Gasteiger partial charge in [0.2, 0.25) is 0 Å². The van der Waals surface area contributed by atoms with E-state index in [-0.39, 0.29) is 0 Å². The lowest BCUT2D eigenvalue weighted by atomic mass is 9.93. The van der Waals surface area contributed by atoms with Gasteiger partial charge in [0, 0.05) is 30.9 Å². The van der Waals surface area contributed by atoms with E-state index >= 15 is 0 Å². The Morgan fingerprint density at radius 3 is 2.55 bits per heavy atom. The van der Waals surface area contributed by atoms with Gasteiger partial charge in [0.1, 0.15) is 0 Å². The standard InChI is InChI=1S/C16H24N2O2/c1-11-8-15(19-2)16(20-3)9-14(11)17-13-5-7-18-6-4-12(13)10-18/h8-9,12-13,17H,4-7,10H2,1-3H3. The summed E-state index contributed by atoms with van der Waals surface area (Å²) in [6.45, 7) is 5.87. The van der Waals surface area contributed by atoms with Crippen molar-refractivity contribution in [3.8, 4) is 11.5 Å². The van der Waals surface area contributed by atoms with Gasteiger partial charge in [0.25, 0.3) is 0 Å². The van der Waals surface area contributed by atoms with E-state index in [4.69, 9.17) is 9.47 Å². The maximum absolute atomic E-state index is 5.41. The Hall–Kier alpha value is -1.42. The van der Waals surface area contributed by atoms with Crippen molar-refractivity contribution in [2.24, 2.45) is 5.92 Å². The first-order chi connectivity index (χ1) is 9.71. The number of rotatable bonds is 4. The van der Waals surface area contributed by atoms with Crippen LogP contribution in [0.2, 0.25) is 0 Å². The number of anilines is 1. The van der Waals surface area contributed by atoms with Crippen LogP contribution in [-0.2, 0) is 0 Å². The molecular weight excluding hydrogens is 252 g/mol. The van der Waals surface area contributed by atoms with Crippen LogP contribution in [-0.4, -0.2) is 44.8 Å². The number of ether oxygens (including phenoxy) is 2. The molecule has 4 nitrogen and oxygen atoms in total. The van der Waals surface area contributed by atoms with E-state index in [1.54, 1.807) is 14.2 Å². The second kappa shape index (κ2) is 5.52. The van der Waals surface area contributed by atoms with Gasteiger partial charge in [0.05, 0.1) is 14.2 Å². The molecular formula is C16H24N2O2. The van der Waals surface area contributed by atoms with Crippen molar-refractivity contribution < 1.29 is 9.47 Å². The first kappa shape index (κ1) is 13.6. The van der Waals surface area contributed by atoms with E-state index < -0.39 is 0 Å². The molecule has 0 radical (unpaired) electrons. The number of piperidine rings is 1. The summed E-state index contributed by atoms with van der Waals surface area (Å²) in [4.78, 5) is 2.57. The third kappa shape index (κ3) is 2.44. The number of nitrogens with one attached hydrogen (secondary N) is 1. The van der Waals surface area contributed by atoms with E-state index in [9.17, 15) is 0 Å². The highest BCUT2D eigenvalue weighted by Crippen LogP contribution is 2.35. The summed E-state index contributed by atoms with van der Waals surface area (Å²) in [6, 6.07) is 4.70. The van der Waals surface area contributed by atoms with Gasteiger partial charge < -0.3 is 19.7 Å². The minimum atomic E-state index is 0.588. The zero-order chi connectivity index (χ0) is 14.1. The monoisotopic (exact) mass is 276 g/mol. The van der Waals surface area contributed by atoms with Crippen LogP contribution in [0.4, 0.5) is 5.69 Å². The third-order valence-electron chi connectivity index (χ3n) is 4.71. The SMILES string of the molecule is COc1cc(C)c(NC2CCN3CCC2C3)cc1OC. The molecule has 2 heterocycles. The van der Waals surface area contributed by atoms with Crippen LogP contribution < -0.4 is 14.8 Å². The van der Waals surface area contributed by atoms with Gasteiger partial charge in [-0.2, -0.15) is 0 Å². The second-order valence-corrected chi connectivity index (χ2v) is 5.91. The van der Waals surface area contributed by atoms with Crippen LogP contribution in [0.3, 0.4) is 0 Å².